The van der Waals surface area contributed by atoms with Gasteiger partial charge in [0.25, 0.3) is 0 Å². The lowest BCUT2D eigenvalue weighted by Crippen LogP contribution is -1.92. The standard InChI is InChI=1S/C8H10N4S/c1-5-6(3-10-12(5)2)7-4-13-8(9)11-7/h3-4H,1-2H3,(H2,9,11). The molecule has 13 heavy (non-hydrogen) atoms. The number of nitrogens with zero attached hydrogens (tertiary/aromatic N) is 3. The molecule has 2 N–H and O–H groups in total. The van der Waals surface area contributed by atoms with E-state index in [9.17, 15) is 0 Å². The largest absolute Gasteiger partial charge is 0.375 e. The summed E-state index contributed by atoms with van der Waals surface area (Å²) in [5.41, 5.74) is 8.62. The number of hydrogen-bond acceptors (Lipinski definition) is 4. The molecule has 2 aromatic rings. The number of hydrogen-bond donors (Lipinski definition) is 1. The van der Waals surface area contributed by atoms with E-state index < -0.39 is 0 Å². The third-order valence-electron chi connectivity index (χ3n) is 2.03. The fourth-order valence-corrected chi connectivity index (χ4v) is 1.72. The number of thiazole rings is 1. The first-order valence-corrected chi connectivity index (χ1v) is 4.76. The molecule has 2 rings (SSSR count). The molecule has 0 atom stereocenters. The number of rotatable bonds is 1. The number of aryl methyl sites for hydroxylation is 1. The summed E-state index contributed by atoms with van der Waals surface area (Å²) in [6.45, 7) is 2.01. The van der Waals surface area contributed by atoms with Crippen molar-refractivity contribution < 1.29 is 0 Å². The summed E-state index contributed by atoms with van der Waals surface area (Å²) in [6, 6.07) is 0. The number of anilines is 1. The summed E-state index contributed by atoms with van der Waals surface area (Å²) in [6.07, 6.45) is 1.81. The first kappa shape index (κ1) is 8.25. The van der Waals surface area contributed by atoms with E-state index in [0.29, 0.717) is 5.13 Å². The van der Waals surface area contributed by atoms with Gasteiger partial charge in [-0.25, -0.2) is 4.98 Å². The molecule has 0 unspecified atom stereocenters. The Morgan fingerprint density at radius 1 is 1.54 bits per heavy atom. The average molecular weight is 194 g/mol. The summed E-state index contributed by atoms with van der Waals surface area (Å²) in [7, 11) is 1.91. The van der Waals surface area contributed by atoms with Crippen LogP contribution in [-0.2, 0) is 7.05 Å². The Balaban J connectivity index is 2.52. The van der Waals surface area contributed by atoms with E-state index in [2.05, 4.69) is 10.1 Å². The van der Waals surface area contributed by atoms with Gasteiger partial charge in [0.1, 0.15) is 0 Å². The molecular formula is C8H10N4S. The van der Waals surface area contributed by atoms with Gasteiger partial charge in [0.05, 0.1) is 11.9 Å². The van der Waals surface area contributed by atoms with Crippen LogP contribution in [0.25, 0.3) is 11.3 Å². The molecule has 0 radical (unpaired) electrons. The Kier molecular flexibility index (Phi) is 1.81. The average Bonchev–Trinajstić information content (AvgIpc) is 2.62. The number of nitrogens with two attached hydrogens (primary N) is 1. The number of nitrogen functional groups attached to an aromatic ring is 1. The van der Waals surface area contributed by atoms with E-state index in [1.54, 1.807) is 0 Å². The monoisotopic (exact) mass is 194 g/mol. The van der Waals surface area contributed by atoms with E-state index in [1.165, 1.54) is 11.3 Å². The maximum absolute atomic E-state index is 5.55. The van der Waals surface area contributed by atoms with Crippen LogP contribution in [0.4, 0.5) is 5.13 Å². The van der Waals surface area contributed by atoms with Crippen LogP contribution in [0.3, 0.4) is 0 Å². The van der Waals surface area contributed by atoms with Gasteiger partial charge in [-0.1, -0.05) is 0 Å². The van der Waals surface area contributed by atoms with Crippen molar-refractivity contribution in [3.63, 3.8) is 0 Å². The molecule has 5 heteroatoms. The van der Waals surface area contributed by atoms with Gasteiger partial charge < -0.3 is 5.73 Å². The maximum atomic E-state index is 5.55. The van der Waals surface area contributed by atoms with Crippen LogP contribution in [0.15, 0.2) is 11.6 Å². The van der Waals surface area contributed by atoms with Gasteiger partial charge in [0.15, 0.2) is 5.13 Å². The zero-order chi connectivity index (χ0) is 9.42. The molecule has 0 aliphatic carbocycles. The summed E-state index contributed by atoms with van der Waals surface area (Å²) in [4.78, 5) is 4.20. The molecule has 68 valence electrons. The van der Waals surface area contributed by atoms with Gasteiger partial charge in [-0.3, -0.25) is 4.68 Å². The summed E-state index contributed by atoms with van der Waals surface area (Å²) in [5, 5.41) is 6.68. The lowest BCUT2D eigenvalue weighted by molar-refractivity contribution is 0.740. The van der Waals surface area contributed by atoms with Crippen LogP contribution < -0.4 is 5.73 Å². The highest BCUT2D eigenvalue weighted by Gasteiger charge is 2.08. The SMILES string of the molecule is Cc1c(-c2csc(N)n2)cnn1C. The van der Waals surface area contributed by atoms with Gasteiger partial charge >= 0.3 is 0 Å². The highest BCUT2D eigenvalue weighted by Crippen LogP contribution is 2.24. The molecule has 0 saturated heterocycles. The highest BCUT2D eigenvalue weighted by molar-refractivity contribution is 7.13. The minimum Gasteiger partial charge on any atom is -0.375 e. The summed E-state index contributed by atoms with van der Waals surface area (Å²) in [5.74, 6) is 0. The molecule has 2 heterocycles. The fourth-order valence-electron chi connectivity index (χ4n) is 1.16. The molecular weight excluding hydrogens is 184 g/mol. The van der Waals surface area contributed by atoms with Crippen molar-refractivity contribution in [1.82, 2.24) is 14.8 Å². The lowest BCUT2D eigenvalue weighted by atomic mass is 10.2. The van der Waals surface area contributed by atoms with Crippen LogP contribution in [0.5, 0.6) is 0 Å². The van der Waals surface area contributed by atoms with E-state index in [1.807, 2.05) is 30.2 Å². The van der Waals surface area contributed by atoms with Crippen LogP contribution in [0, 0.1) is 6.92 Å². The summed E-state index contributed by atoms with van der Waals surface area (Å²) < 4.78 is 1.82. The van der Waals surface area contributed by atoms with Crippen molar-refractivity contribution in [2.45, 2.75) is 6.92 Å². The second-order valence-electron chi connectivity index (χ2n) is 2.84. The topological polar surface area (TPSA) is 56.7 Å². The lowest BCUT2D eigenvalue weighted by Gasteiger charge is -1.95. The molecule has 0 bridgehead atoms. The van der Waals surface area contributed by atoms with Crippen molar-refractivity contribution in [2.24, 2.45) is 7.05 Å². The number of aromatic nitrogens is 3. The fraction of sp³-hybridized carbons (Fsp3) is 0.250. The minimum absolute atomic E-state index is 0.596. The second kappa shape index (κ2) is 2.85. The van der Waals surface area contributed by atoms with Crippen molar-refractivity contribution in [3.05, 3.63) is 17.3 Å². The zero-order valence-corrected chi connectivity index (χ0v) is 8.30. The normalized spacial score (nSPS) is 10.6. The summed E-state index contributed by atoms with van der Waals surface area (Å²) >= 11 is 1.45. The zero-order valence-electron chi connectivity index (χ0n) is 7.48. The van der Waals surface area contributed by atoms with Crippen LogP contribution >= 0.6 is 11.3 Å². The smallest absolute Gasteiger partial charge is 0.180 e. The van der Waals surface area contributed by atoms with E-state index >= 15 is 0 Å². The molecule has 0 aliphatic rings. The van der Waals surface area contributed by atoms with Gasteiger partial charge in [0, 0.05) is 23.7 Å². The van der Waals surface area contributed by atoms with E-state index in [-0.39, 0.29) is 0 Å². The van der Waals surface area contributed by atoms with Crippen LogP contribution in [0.1, 0.15) is 5.69 Å². The molecule has 0 aliphatic heterocycles. The molecule has 0 aromatic carbocycles. The second-order valence-corrected chi connectivity index (χ2v) is 3.73. The first-order valence-electron chi connectivity index (χ1n) is 3.88. The Hall–Kier alpha value is -1.36. The molecule has 0 amide bonds. The Morgan fingerprint density at radius 2 is 2.31 bits per heavy atom. The van der Waals surface area contributed by atoms with E-state index in [4.69, 9.17) is 5.73 Å². The van der Waals surface area contributed by atoms with Crippen LogP contribution in [0.2, 0.25) is 0 Å². The predicted octanol–water partition coefficient (Wildman–Crippen LogP) is 1.43. The predicted molar refractivity (Wildman–Crippen MR) is 53.5 cm³/mol. The van der Waals surface area contributed by atoms with Gasteiger partial charge in [-0.05, 0) is 6.92 Å². The maximum Gasteiger partial charge on any atom is 0.180 e. The van der Waals surface area contributed by atoms with Crippen molar-refractivity contribution in [1.29, 1.82) is 0 Å². The van der Waals surface area contributed by atoms with E-state index in [0.717, 1.165) is 17.0 Å². The van der Waals surface area contributed by atoms with Gasteiger partial charge in [-0.15, -0.1) is 11.3 Å². The first-order chi connectivity index (χ1) is 6.18. The van der Waals surface area contributed by atoms with Gasteiger partial charge in [0.2, 0.25) is 0 Å². The third-order valence-corrected chi connectivity index (χ3v) is 2.71. The van der Waals surface area contributed by atoms with Gasteiger partial charge in [-0.2, -0.15) is 5.10 Å². The quantitative estimate of drug-likeness (QED) is 0.747. The van der Waals surface area contributed by atoms with Crippen molar-refractivity contribution >= 4 is 16.5 Å². The molecule has 0 saturated carbocycles. The minimum atomic E-state index is 0.596. The molecule has 0 spiro atoms. The van der Waals surface area contributed by atoms with Crippen molar-refractivity contribution in [3.8, 4) is 11.3 Å². The Morgan fingerprint density at radius 3 is 2.77 bits per heavy atom. The van der Waals surface area contributed by atoms with Crippen LogP contribution in [-0.4, -0.2) is 14.8 Å². The molecule has 2 aromatic heterocycles. The molecule has 0 fully saturated rings. The van der Waals surface area contributed by atoms with Crippen molar-refractivity contribution in [2.75, 3.05) is 5.73 Å². The Labute approximate surface area is 80.0 Å². The highest BCUT2D eigenvalue weighted by atomic mass is 32.1. The Bertz CT molecular complexity index is 429. The molecule has 4 nitrogen and oxygen atoms in total. The third kappa shape index (κ3) is 1.31.